The lowest BCUT2D eigenvalue weighted by Crippen LogP contribution is -2.08. The summed E-state index contributed by atoms with van der Waals surface area (Å²) in [7, 11) is 0. The lowest BCUT2D eigenvalue weighted by Gasteiger charge is -2.01. The Morgan fingerprint density at radius 1 is 1.62 bits per heavy atom. The van der Waals surface area contributed by atoms with Crippen LogP contribution in [0.15, 0.2) is 21.3 Å². The standard InChI is InChI=1S/C8H4Br2N2O/c1-2-7(13)12-5-3-6(9)8(10)11-4-5/h1,3-4H,(H,12,13). The van der Waals surface area contributed by atoms with Crippen LogP contribution in [0.25, 0.3) is 0 Å². The monoisotopic (exact) mass is 302 g/mol. The minimum Gasteiger partial charge on any atom is -0.314 e. The number of amides is 1. The number of rotatable bonds is 1. The average Bonchev–Trinajstić information content (AvgIpc) is 2.11. The molecule has 0 aliphatic rings. The summed E-state index contributed by atoms with van der Waals surface area (Å²) >= 11 is 6.45. The summed E-state index contributed by atoms with van der Waals surface area (Å²) in [5.74, 6) is 1.45. The molecule has 0 spiro atoms. The largest absolute Gasteiger partial charge is 0.314 e. The topological polar surface area (TPSA) is 42.0 Å². The van der Waals surface area contributed by atoms with Crippen LogP contribution in [0.2, 0.25) is 0 Å². The number of aromatic nitrogens is 1. The number of nitrogens with zero attached hydrogens (tertiary/aromatic N) is 1. The molecule has 0 aliphatic heterocycles. The van der Waals surface area contributed by atoms with Gasteiger partial charge in [0.1, 0.15) is 4.60 Å². The smallest absolute Gasteiger partial charge is 0.300 e. The van der Waals surface area contributed by atoms with E-state index in [1.807, 2.05) is 5.92 Å². The Labute approximate surface area is 92.2 Å². The van der Waals surface area contributed by atoms with Gasteiger partial charge in [-0.3, -0.25) is 4.79 Å². The van der Waals surface area contributed by atoms with Gasteiger partial charge in [-0.1, -0.05) is 0 Å². The summed E-state index contributed by atoms with van der Waals surface area (Å²) in [4.78, 5) is 14.7. The fraction of sp³-hybridized carbons (Fsp3) is 0. The van der Waals surface area contributed by atoms with E-state index in [-0.39, 0.29) is 0 Å². The first-order chi connectivity index (χ1) is 6.13. The first-order valence-corrected chi connectivity index (χ1v) is 4.80. The molecule has 0 fully saturated rings. The van der Waals surface area contributed by atoms with E-state index in [2.05, 4.69) is 42.2 Å². The van der Waals surface area contributed by atoms with Crippen molar-refractivity contribution in [3.8, 4) is 12.3 Å². The predicted molar refractivity (Wildman–Crippen MR) is 57.1 cm³/mol. The van der Waals surface area contributed by atoms with Crippen molar-refractivity contribution in [2.75, 3.05) is 5.32 Å². The lowest BCUT2D eigenvalue weighted by atomic mass is 10.4. The number of carbonyl (C=O) groups excluding carboxylic acids is 1. The average molecular weight is 304 g/mol. The zero-order valence-corrected chi connectivity index (χ0v) is 9.52. The summed E-state index contributed by atoms with van der Waals surface area (Å²) < 4.78 is 1.42. The molecule has 0 bridgehead atoms. The molecule has 3 nitrogen and oxygen atoms in total. The van der Waals surface area contributed by atoms with E-state index >= 15 is 0 Å². The molecule has 13 heavy (non-hydrogen) atoms. The van der Waals surface area contributed by atoms with E-state index in [1.165, 1.54) is 6.20 Å². The Balaban J connectivity index is 2.87. The molecule has 0 atom stereocenters. The second-order valence-corrected chi connectivity index (χ2v) is 3.70. The van der Waals surface area contributed by atoms with Crippen molar-refractivity contribution in [2.45, 2.75) is 0 Å². The van der Waals surface area contributed by atoms with E-state index in [0.717, 1.165) is 4.47 Å². The van der Waals surface area contributed by atoms with Crippen molar-refractivity contribution in [3.63, 3.8) is 0 Å². The first kappa shape index (κ1) is 10.2. The normalized spacial score (nSPS) is 9.00. The molecule has 1 aromatic heterocycles. The van der Waals surface area contributed by atoms with Crippen molar-refractivity contribution in [1.82, 2.24) is 4.98 Å². The van der Waals surface area contributed by atoms with Crippen LogP contribution >= 0.6 is 31.9 Å². The van der Waals surface area contributed by atoms with E-state index in [0.29, 0.717) is 10.3 Å². The maximum atomic E-state index is 10.8. The van der Waals surface area contributed by atoms with Gasteiger partial charge < -0.3 is 5.32 Å². The second-order valence-electron chi connectivity index (χ2n) is 2.10. The number of pyridine rings is 1. The van der Waals surface area contributed by atoms with Crippen LogP contribution < -0.4 is 5.32 Å². The molecule has 0 unspecified atom stereocenters. The number of anilines is 1. The van der Waals surface area contributed by atoms with Crippen LogP contribution in [0.3, 0.4) is 0 Å². The van der Waals surface area contributed by atoms with E-state index in [1.54, 1.807) is 6.07 Å². The fourth-order valence-corrected chi connectivity index (χ4v) is 1.22. The molecular formula is C8H4Br2N2O. The van der Waals surface area contributed by atoms with Crippen molar-refractivity contribution in [3.05, 3.63) is 21.3 Å². The summed E-state index contributed by atoms with van der Waals surface area (Å²) in [6, 6.07) is 1.70. The Morgan fingerprint density at radius 3 is 2.85 bits per heavy atom. The van der Waals surface area contributed by atoms with Crippen LogP contribution in [0.4, 0.5) is 5.69 Å². The third-order valence-corrected chi connectivity index (χ3v) is 2.95. The zero-order valence-electron chi connectivity index (χ0n) is 6.34. The number of terminal acetylenes is 1. The summed E-state index contributed by atoms with van der Waals surface area (Å²) in [5.41, 5.74) is 0.554. The lowest BCUT2D eigenvalue weighted by molar-refractivity contribution is -0.111. The SMILES string of the molecule is C#CC(=O)Nc1cnc(Br)c(Br)c1. The van der Waals surface area contributed by atoms with Crippen LogP contribution in [0, 0.1) is 12.3 Å². The summed E-state index contributed by atoms with van der Waals surface area (Å²) in [5, 5.41) is 2.47. The third kappa shape index (κ3) is 2.83. The highest BCUT2D eigenvalue weighted by Crippen LogP contribution is 2.23. The molecule has 0 aliphatic carbocycles. The van der Waals surface area contributed by atoms with E-state index < -0.39 is 5.91 Å². The number of hydrogen-bond donors (Lipinski definition) is 1. The molecule has 1 N–H and O–H groups in total. The van der Waals surface area contributed by atoms with Crippen molar-refractivity contribution in [2.24, 2.45) is 0 Å². The molecule has 0 radical (unpaired) electrons. The summed E-state index contributed by atoms with van der Waals surface area (Å²) in [6.45, 7) is 0. The van der Waals surface area contributed by atoms with Gasteiger partial charge in [0.2, 0.25) is 0 Å². The number of carbonyl (C=O) groups is 1. The van der Waals surface area contributed by atoms with E-state index in [9.17, 15) is 4.79 Å². The molecule has 0 saturated carbocycles. The Bertz CT molecular complexity index is 384. The Kier molecular flexibility index (Phi) is 3.46. The number of nitrogens with one attached hydrogen (secondary N) is 1. The molecule has 1 aromatic rings. The van der Waals surface area contributed by atoms with Gasteiger partial charge >= 0.3 is 0 Å². The number of hydrogen-bond acceptors (Lipinski definition) is 2. The highest BCUT2D eigenvalue weighted by atomic mass is 79.9. The van der Waals surface area contributed by atoms with Gasteiger partial charge in [-0.05, 0) is 43.8 Å². The Morgan fingerprint density at radius 2 is 2.31 bits per heavy atom. The molecule has 1 heterocycles. The maximum absolute atomic E-state index is 10.8. The highest BCUT2D eigenvalue weighted by Gasteiger charge is 2.01. The summed E-state index contributed by atoms with van der Waals surface area (Å²) in [6.07, 6.45) is 6.39. The van der Waals surface area contributed by atoms with Gasteiger partial charge in [0.05, 0.1) is 16.4 Å². The molecule has 0 saturated heterocycles. The molecular weight excluding hydrogens is 300 g/mol. The quantitative estimate of drug-likeness (QED) is 0.638. The van der Waals surface area contributed by atoms with Crippen molar-refractivity contribution in [1.29, 1.82) is 0 Å². The van der Waals surface area contributed by atoms with Crippen LogP contribution in [-0.4, -0.2) is 10.9 Å². The number of halogens is 2. The van der Waals surface area contributed by atoms with Crippen LogP contribution in [0.1, 0.15) is 0 Å². The van der Waals surface area contributed by atoms with Crippen LogP contribution in [0.5, 0.6) is 0 Å². The van der Waals surface area contributed by atoms with Gasteiger partial charge in [0, 0.05) is 0 Å². The van der Waals surface area contributed by atoms with Gasteiger partial charge in [-0.2, -0.15) is 0 Å². The van der Waals surface area contributed by atoms with Crippen molar-refractivity contribution < 1.29 is 4.79 Å². The van der Waals surface area contributed by atoms with E-state index in [4.69, 9.17) is 6.42 Å². The Hall–Kier alpha value is -0.860. The fourth-order valence-electron chi connectivity index (χ4n) is 0.657. The molecule has 1 amide bonds. The van der Waals surface area contributed by atoms with Gasteiger partial charge in [0.25, 0.3) is 5.91 Å². The molecule has 0 aromatic carbocycles. The minimum absolute atomic E-state index is 0.490. The highest BCUT2D eigenvalue weighted by molar-refractivity contribution is 9.13. The van der Waals surface area contributed by atoms with Crippen molar-refractivity contribution >= 4 is 43.5 Å². The minimum atomic E-state index is -0.490. The van der Waals surface area contributed by atoms with Gasteiger partial charge in [0.15, 0.2) is 0 Å². The zero-order chi connectivity index (χ0) is 9.84. The molecule has 5 heteroatoms. The van der Waals surface area contributed by atoms with Crippen LogP contribution in [-0.2, 0) is 4.79 Å². The predicted octanol–water partition coefficient (Wildman–Crippen LogP) is 2.18. The maximum Gasteiger partial charge on any atom is 0.300 e. The van der Waals surface area contributed by atoms with Gasteiger partial charge in [-0.25, -0.2) is 4.98 Å². The molecule has 66 valence electrons. The third-order valence-electron chi connectivity index (χ3n) is 1.19. The van der Waals surface area contributed by atoms with Gasteiger partial charge in [-0.15, -0.1) is 6.42 Å². The first-order valence-electron chi connectivity index (χ1n) is 3.22. The molecule has 1 rings (SSSR count). The second kappa shape index (κ2) is 4.40.